The van der Waals surface area contributed by atoms with Crippen LogP contribution in [0, 0.1) is 5.92 Å². The molecule has 4 heteroatoms. The Morgan fingerprint density at radius 1 is 1.24 bits per heavy atom. The molecular weight excluding hydrogens is 330 g/mol. The Kier molecular flexibility index (Phi) is 5.12. The monoisotopic (exact) mass is 349 g/mol. The van der Waals surface area contributed by atoms with Gasteiger partial charge in [-0.05, 0) is 43.0 Å². The number of ether oxygens (including phenoxy) is 1. The van der Waals surface area contributed by atoms with Crippen LogP contribution in [0.3, 0.4) is 0 Å². The third-order valence-corrected chi connectivity index (χ3v) is 4.25. The second kappa shape index (κ2) is 7.25. The van der Waals surface area contributed by atoms with Crippen molar-refractivity contribution in [2.45, 2.75) is 19.4 Å². The highest BCUT2D eigenvalue weighted by atomic mass is 79.9. The predicted octanol–water partition coefficient (Wildman–Crippen LogP) is 4.23. The lowest BCUT2D eigenvalue weighted by atomic mass is 10.0. The normalized spacial score (nSPS) is 18.8. The van der Waals surface area contributed by atoms with Gasteiger partial charge in [0.15, 0.2) is 0 Å². The van der Waals surface area contributed by atoms with E-state index in [1.807, 2.05) is 24.3 Å². The number of nitrogens with one attached hydrogen (secondary N) is 1. The van der Waals surface area contributed by atoms with Crippen molar-refractivity contribution < 1.29 is 9.15 Å². The van der Waals surface area contributed by atoms with E-state index in [0.29, 0.717) is 5.92 Å². The molecule has 21 heavy (non-hydrogen) atoms. The number of hydrogen-bond acceptors (Lipinski definition) is 3. The lowest BCUT2D eigenvalue weighted by Gasteiger charge is -2.21. The van der Waals surface area contributed by atoms with Gasteiger partial charge in [0, 0.05) is 23.2 Å². The molecule has 3 rings (SSSR count). The van der Waals surface area contributed by atoms with Crippen LogP contribution < -0.4 is 5.32 Å². The molecule has 1 N–H and O–H groups in total. The van der Waals surface area contributed by atoms with Crippen LogP contribution in [-0.2, 0) is 11.3 Å². The minimum atomic E-state index is 0.637. The fourth-order valence-corrected chi connectivity index (χ4v) is 3.04. The standard InChI is InChI=1S/C17H20BrNO2/c18-15-5-1-4-14(9-15)17-7-6-16(21-17)11-19-10-13-3-2-8-20-12-13/h1,4-7,9,13,19H,2-3,8,10-12H2. The first-order valence-corrected chi connectivity index (χ1v) is 8.24. The molecule has 3 nitrogen and oxygen atoms in total. The van der Waals surface area contributed by atoms with Crippen LogP contribution >= 0.6 is 15.9 Å². The number of halogens is 1. The molecule has 0 bridgehead atoms. The number of furan rings is 1. The molecule has 1 aliphatic heterocycles. The Hall–Kier alpha value is -1.10. The number of benzene rings is 1. The van der Waals surface area contributed by atoms with Crippen molar-refractivity contribution >= 4 is 15.9 Å². The number of hydrogen-bond donors (Lipinski definition) is 1. The fraction of sp³-hybridized carbons (Fsp3) is 0.412. The maximum absolute atomic E-state index is 5.90. The zero-order chi connectivity index (χ0) is 14.5. The lowest BCUT2D eigenvalue weighted by Crippen LogP contribution is -2.28. The molecule has 0 saturated carbocycles. The summed E-state index contributed by atoms with van der Waals surface area (Å²) in [6.07, 6.45) is 2.44. The first-order chi connectivity index (χ1) is 10.3. The van der Waals surface area contributed by atoms with Crippen LogP contribution in [0.25, 0.3) is 11.3 Å². The van der Waals surface area contributed by atoms with E-state index in [0.717, 1.165) is 47.9 Å². The van der Waals surface area contributed by atoms with E-state index in [1.54, 1.807) is 0 Å². The summed E-state index contributed by atoms with van der Waals surface area (Å²) in [5.74, 6) is 2.52. The van der Waals surface area contributed by atoms with Crippen LogP contribution in [0.15, 0.2) is 45.3 Å². The maximum Gasteiger partial charge on any atom is 0.134 e. The van der Waals surface area contributed by atoms with Crippen LogP contribution in [0.5, 0.6) is 0 Å². The Bertz CT molecular complexity index is 576. The highest BCUT2D eigenvalue weighted by Crippen LogP contribution is 2.25. The molecule has 2 aromatic rings. The summed E-state index contributed by atoms with van der Waals surface area (Å²) >= 11 is 3.49. The first kappa shape index (κ1) is 14.8. The molecule has 0 spiro atoms. The van der Waals surface area contributed by atoms with Gasteiger partial charge in [-0.1, -0.05) is 28.1 Å². The maximum atomic E-state index is 5.90. The second-order valence-corrected chi connectivity index (χ2v) is 6.41. The second-order valence-electron chi connectivity index (χ2n) is 5.49. The summed E-state index contributed by atoms with van der Waals surface area (Å²) in [5.41, 5.74) is 1.09. The summed E-state index contributed by atoms with van der Waals surface area (Å²) in [7, 11) is 0. The Balaban J connectivity index is 1.53. The minimum absolute atomic E-state index is 0.637. The van der Waals surface area contributed by atoms with Gasteiger partial charge in [-0.2, -0.15) is 0 Å². The Morgan fingerprint density at radius 2 is 2.19 bits per heavy atom. The molecule has 1 fully saturated rings. The SMILES string of the molecule is Brc1cccc(-c2ccc(CNCC3CCCOC3)o2)c1. The van der Waals surface area contributed by atoms with Crippen LogP contribution in [0.2, 0.25) is 0 Å². The van der Waals surface area contributed by atoms with Crippen molar-refractivity contribution in [1.82, 2.24) is 5.32 Å². The summed E-state index contributed by atoms with van der Waals surface area (Å²) in [4.78, 5) is 0. The lowest BCUT2D eigenvalue weighted by molar-refractivity contribution is 0.0546. The highest BCUT2D eigenvalue weighted by Gasteiger charge is 2.13. The van der Waals surface area contributed by atoms with Gasteiger partial charge in [-0.25, -0.2) is 0 Å². The Morgan fingerprint density at radius 3 is 3.00 bits per heavy atom. The van der Waals surface area contributed by atoms with Crippen molar-refractivity contribution in [1.29, 1.82) is 0 Å². The molecule has 0 radical (unpaired) electrons. The first-order valence-electron chi connectivity index (χ1n) is 7.44. The molecule has 1 unspecified atom stereocenters. The highest BCUT2D eigenvalue weighted by molar-refractivity contribution is 9.10. The summed E-state index contributed by atoms with van der Waals surface area (Å²) in [6, 6.07) is 12.2. The van der Waals surface area contributed by atoms with E-state index < -0.39 is 0 Å². The van der Waals surface area contributed by atoms with E-state index in [1.165, 1.54) is 12.8 Å². The fourth-order valence-electron chi connectivity index (χ4n) is 2.64. The molecule has 1 aliphatic rings. The van der Waals surface area contributed by atoms with Gasteiger partial charge in [0.25, 0.3) is 0 Å². The molecular formula is C17H20BrNO2. The van der Waals surface area contributed by atoms with Crippen molar-refractivity contribution in [3.8, 4) is 11.3 Å². The molecule has 1 saturated heterocycles. The van der Waals surface area contributed by atoms with E-state index in [4.69, 9.17) is 9.15 Å². The quantitative estimate of drug-likeness (QED) is 0.877. The van der Waals surface area contributed by atoms with Gasteiger partial charge in [0.05, 0.1) is 13.2 Å². The van der Waals surface area contributed by atoms with E-state index >= 15 is 0 Å². The van der Waals surface area contributed by atoms with Crippen molar-refractivity contribution in [2.75, 3.05) is 19.8 Å². The van der Waals surface area contributed by atoms with Crippen LogP contribution in [-0.4, -0.2) is 19.8 Å². The molecule has 1 atom stereocenters. The van der Waals surface area contributed by atoms with Crippen molar-refractivity contribution in [3.05, 3.63) is 46.6 Å². The van der Waals surface area contributed by atoms with Gasteiger partial charge in [-0.3, -0.25) is 0 Å². The molecule has 112 valence electrons. The van der Waals surface area contributed by atoms with E-state index in [9.17, 15) is 0 Å². The van der Waals surface area contributed by atoms with Crippen LogP contribution in [0.4, 0.5) is 0 Å². The third-order valence-electron chi connectivity index (χ3n) is 3.76. The van der Waals surface area contributed by atoms with Crippen LogP contribution in [0.1, 0.15) is 18.6 Å². The van der Waals surface area contributed by atoms with Gasteiger partial charge in [0.2, 0.25) is 0 Å². The van der Waals surface area contributed by atoms with Gasteiger partial charge < -0.3 is 14.5 Å². The van der Waals surface area contributed by atoms with E-state index in [-0.39, 0.29) is 0 Å². The summed E-state index contributed by atoms with van der Waals surface area (Å²) < 4.78 is 12.5. The Labute approximate surface area is 133 Å². The molecule has 0 amide bonds. The summed E-state index contributed by atoms with van der Waals surface area (Å²) in [5, 5.41) is 3.46. The zero-order valence-corrected chi connectivity index (χ0v) is 13.6. The van der Waals surface area contributed by atoms with Gasteiger partial charge in [0.1, 0.15) is 11.5 Å². The molecule has 2 heterocycles. The smallest absolute Gasteiger partial charge is 0.134 e. The minimum Gasteiger partial charge on any atom is -0.460 e. The number of rotatable bonds is 5. The molecule has 1 aromatic heterocycles. The van der Waals surface area contributed by atoms with Crippen molar-refractivity contribution in [2.24, 2.45) is 5.92 Å². The largest absolute Gasteiger partial charge is 0.460 e. The third kappa shape index (κ3) is 4.19. The molecule has 0 aliphatic carbocycles. The topological polar surface area (TPSA) is 34.4 Å². The van der Waals surface area contributed by atoms with Crippen molar-refractivity contribution in [3.63, 3.8) is 0 Å². The summed E-state index contributed by atoms with van der Waals surface area (Å²) in [6.45, 7) is 3.57. The van der Waals surface area contributed by atoms with E-state index in [2.05, 4.69) is 33.4 Å². The average molecular weight is 350 g/mol. The average Bonchev–Trinajstić information content (AvgIpc) is 2.97. The molecule has 1 aromatic carbocycles. The zero-order valence-electron chi connectivity index (χ0n) is 12.0. The van der Waals surface area contributed by atoms with Gasteiger partial charge in [-0.15, -0.1) is 0 Å². The predicted molar refractivity (Wildman–Crippen MR) is 87.1 cm³/mol. The van der Waals surface area contributed by atoms with Gasteiger partial charge >= 0.3 is 0 Å².